The minimum absolute atomic E-state index is 0.160. The van der Waals surface area contributed by atoms with Crippen LogP contribution in [0.5, 0.6) is 0 Å². The van der Waals surface area contributed by atoms with Crippen molar-refractivity contribution < 1.29 is 17.8 Å². The van der Waals surface area contributed by atoms with Crippen LogP contribution in [0.1, 0.15) is 65.2 Å². The number of rotatable bonds is 7. The molecule has 2 atom stereocenters. The molecule has 0 aromatic carbocycles. The highest BCUT2D eigenvalue weighted by atomic mass is 32.2. The summed E-state index contributed by atoms with van der Waals surface area (Å²) in [5.74, 6) is 2.84. The Balaban J connectivity index is 1.71. The van der Waals surface area contributed by atoms with Gasteiger partial charge in [0.2, 0.25) is 0 Å². The lowest BCUT2D eigenvalue weighted by atomic mass is 9.60. The van der Waals surface area contributed by atoms with E-state index in [0.29, 0.717) is 11.5 Å². The van der Waals surface area contributed by atoms with E-state index in [1.54, 1.807) is 0 Å². The Bertz CT molecular complexity index is 497. The predicted molar refractivity (Wildman–Crippen MR) is 95.1 cm³/mol. The molecular weight excluding hydrogens is 332 g/mol. The largest absolute Gasteiger partial charge is 0.287 e. The topological polar surface area (TPSA) is 71.4 Å². The van der Waals surface area contributed by atoms with Gasteiger partial charge in [-0.1, -0.05) is 32.0 Å². The fourth-order valence-electron chi connectivity index (χ4n) is 4.66. The van der Waals surface area contributed by atoms with E-state index in [1.807, 2.05) is 0 Å². The Labute approximate surface area is 144 Å². The quantitative estimate of drug-likeness (QED) is 0.544. The molecule has 23 heavy (non-hydrogen) atoms. The van der Waals surface area contributed by atoms with Gasteiger partial charge in [-0.3, -0.25) is 9.35 Å². The first-order valence-electron chi connectivity index (χ1n) is 8.80. The van der Waals surface area contributed by atoms with E-state index in [4.69, 9.17) is 4.55 Å². The lowest BCUT2D eigenvalue weighted by Crippen LogP contribution is -2.40. The monoisotopic (exact) mass is 362 g/mol. The Hall–Kier alpha value is -0.0700. The van der Waals surface area contributed by atoms with Crippen LogP contribution in [0.2, 0.25) is 0 Å². The van der Waals surface area contributed by atoms with E-state index in [1.165, 1.54) is 31.0 Å². The van der Waals surface area contributed by atoms with Gasteiger partial charge in [0.1, 0.15) is 0 Å². The van der Waals surface area contributed by atoms with E-state index in [2.05, 4.69) is 13.8 Å². The van der Waals surface area contributed by atoms with E-state index in [-0.39, 0.29) is 11.2 Å². The number of hydrogen-bond acceptors (Lipinski definition) is 4. The number of thioether (sulfide) groups is 1. The van der Waals surface area contributed by atoms with Gasteiger partial charge in [-0.15, -0.1) is 0 Å². The van der Waals surface area contributed by atoms with Crippen molar-refractivity contribution in [2.45, 2.75) is 65.2 Å². The number of carbonyl (C=O) groups excluding carboxylic acids is 1. The van der Waals surface area contributed by atoms with E-state index in [9.17, 15) is 13.2 Å². The first kappa shape index (κ1) is 19.3. The van der Waals surface area contributed by atoms with Crippen molar-refractivity contribution in [2.75, 3.05) is 11.5 Å². The van der Waals surface area contributed by atoms with Crippen molar-refractivity contribution in [3.05, 3.63) is 0 Å². The van der Waals surface area contributed by atoms with Gasteiger partial charge >= 0.3 is 0 Å². The van der Waals surface area contributed by atoms with Crippen LogP contribution in [0.25, 0.3) is 0 Å². The first-order chi connectivity index (χ1) is 10.7. The molecule has 0 aromatic heterocycles. The zero-order valence-corrected chi connectivity index (χ0v) is 15.9. The van der Waals surface area contributed by atoms with Gasteiger partial charge in [-0.05, 0) is 62.7 Å². The molecule has 2 rings (SSSR count). The Morgan fingerprint density at radius 3 is 2.30 bits per heavy atom. The van der Waals surface area contributed by atoms with Gasteiger partial charge in [0, 0.05) is 11.2 Å². The van der Waals surface area contributed by atoms with Crippen LogP contribution >= 0.6 is 11.8 Å². The van der Waals surface area contributed by atoms with Crippen molar-refractivity contribution in [1.82, 2.24) is 0 Å². The fraction of sp³-hybridized carbons (Fsp3) is 0.941. The number of unbranched alkanes of at least 4 members (excludes halogenated alkanes) is 2. The molecule has 0 heterocycles. The lowest BCUT2D eigenvalue weighted by Gasteiger charge is -2.46. The average molecular weight is 363 g/mol. The highest BCUT2D eigenvalue weighted by molar-refractivity contribution is 8.13. The van der Waals surface area contributed by atoms with Crippen molar-refractivity contribution in [3.63, 3.8) is 0 Å². The third-order valence-corrected chi connectivity index (χ3v) is 7.44. The van der Waals surface area contributed by atoms with Crippen molar-refractivity contribution >= 4 is 27.0 Å². The molecule has 2 aliphatic carbocycles. The SMILES string of the molecule is CC1CC2CC(C1)CC(C)(C(=O)SCCCCCS(=O)(=O)O)C2. The van der Waals surface area contributed by atoms with Crippen LogP contribution in [0.15, 0.2) is 0 Å². The molecule has 2 fully saturated rings. The normalized spacial score (nSPS) is 34.3. The maximum absolute atomic E-state index is 12.7. The second-order valence-corrected chi connectivity index (χ2v) is 10.6. The molecule has 0 aromatic rings. The van der Waals surface area contributed by atoms with Crippen molar-refractivity contribution in [1.29, 1.82) is 0 Å². The van der Waals surface area contributed by atoms with E-state index in [0.717, 1.165) is 49.2 Å². The number of fused-ring (bicyclic) bond motifs is 2. The summed E-state index contributed by atoms with van der Waals surface area (Å²) in [6.07, 6.45) is 7.98. The molecule has 2 aliphatic rings. The number of carbonyl (C=O) groups is 1. The molecular formula is C17H30O4S2. The van der Waals surface area contributed by atoms with Crippen LogP contribution in [0.4, 0.5) is 0 Å². The molecule has 2 bridgehead atoms. The van der Waals surface area contributed by atoms with Gasteiger partial charge in [0.15, 0.2) is 5.12 Å². The summed E-state index contributed by atoms with van der Waals surface area (Å²) in [5, 5.41) is 0.330. The van der Waals surface area contributed by atoms with Gasteiger partial charge in [-0.2, -0.15) is 8.42 Å². The molecule has 6 heteroatoms. The molecule has 0 spiro atoms. The maximum Gasteiger partial charge on any atom is 0.264 e. The molecule has 0 radical (unpaired) electrons. The van der Waals surface area contributed by atoms with E-state index < -0.39 is 10.1 Å². The predicted octanol–water partition coefficient (Wildman–Crippen LogP) is 4.16. The molecule has 1 N–H and O–H groups in total. The van der Waals surface area contributed by atoms with Gasteiger partial charge in [0.05, 0.1) is 5.75 Å². The molecule has 2 unspecified atom stereocenters. The standard InChI is InChI=1S/C17H30O4S2/c1-13-8-14-10-15(9-13)12-17(2,11-14)16(18)22-6-4-3-5-7-23(19,20)21/h13-15H,3-12H2,1-2H3,(H,19,20,21). The highest BCUT2D eigenvalue weighted by Crippen LogP contribution is 2.51. The number of hydrogen-bond donors (Lipinski definition) is 1. The summed E-state index contributed by atoms with van der Waals surface area (Å²) in [6.45, 7) is 4.49. The Kier molecular flexibility index (Phi) is 6.59. The molecule has 0 amide bonds. The summed E-state index contributed by atoms with van der Waals surface area (Å²) >= 11 is 1.43. The minimum Gasteiger partial charge on any atom is -0.287 e. The maximum atomic E-state index is 12.7. The smallest absolute Gasteiger partial charge is 0.264 e. The fourth-order valence-corrected chi connectivity index (χ4v) is 6.28. The average Bonchev–Trinajstić information content (AvgIpc) is 2.39. The second kappa shape index (κ2) is 7.87. The summed E-state index contributed by atoms with van der Waals surface area (Å²) in [5.41, 5.74) is -0.160. The summed E-state index contributed by atoms with van der Waals surface area (Å²) in [4.78, 5) is 12.7. The summed E-state index contributed by atoms with van der Waals surface area (Å²) in [7, 11) is -3.84. The van der Waals surface area contributed by atoms with Crippen molar-refractivity contribution in [3.8, 4) is 0 Å². The zero-order chi connectivity index (χ0) is 17.1. The van der Waals surface area contributed by atoms with Gasteiger partial charge < -0.3 is 0 Å². The Morgan fingerprint density at radius 1 is 1.13 bits per heavy atom. The zero-order valence-electron chi connectivity index (χ0n) is 14.3. The first-order valence-corrected chi connectivity index (χ1v) is 11.4. The van der Waals surface area contributed by atoms with Gasteiger partial charge in [-0.25, -0.2) is 0 Å². The van der Waals surface area contributed by atoms with Crippen LogP contribution < -0.4 is 0 Å². The van der Waals surface area contributed by atoms with Crippen LogP contribution in [0.3, 0.4) is 0 Å². The molecule has 2 saturated carbocycles. The van der Waals surface area contributed by atoms with Crippen molar-refractivity contribution in [2.24, 2.45) is 23.2 Å². The highest BCUT2D eigenvalue weighted by Gasteiger charge is 2.44. The van der Waals surface area contributed by atoms with E-state index >= 15 is 0 Å². The van der Waals surface area contributed by atoms with Gasteiger partial charge in [0.25, 0.3) is 10.1 Å². The minimum atomic E-state index is -3.84. The molecule has 0 saturated heterocycles. The lowest BCUT2D eigenvalue weighted by molar-refractivity contribution is -0.123. The molecule has 4 nitrogen and oxygen atoms in total. The second-order valence-electron chi connectivity index (χ2n) is 8.00. The third-order valence-electron chi connectivity index (χ3n) is 5.39. The van der Waals surface area contributed by atoms with Crippen LogP contribution in [-0.2, 0) is 14.9 Å². The van der Waals surface area contributed by atoms with Crippen LogP contribution in [-0.4, -0.2) is 29.6 Å². The third kappa shape index (κ3) is 6.05. The summed E-state index contributed by atoms with van der Waals surface area (Å²) in [6, 6.07) is 0. The Morgan fingerprint density at radius 2 is 1.74 bits per heavy atom. The van der Waals surface area contributed by atoms with Crippen LogP contribution in [0, 0.1) is 23.2 Å². The summed E-state index contributed by atoms with van der Waals surface area (Å²) < 4.78 is 29.9. The molecule has 0 aliphatic heterocycles. The molecule has 134 valence electrons.